The fourth-order valence-corrected chi connectivity index (χ4v) is 14.7. The van der Waals surface area contributed by atoms with Gasteiger partial charge in [0.25, 0.3) is 0 Å². The van der Waals surface area contributed by atoms with Gasteiger partial charge in [0.05, 0.1) is 0 Å². The van der Waals surface area contributed by atoms with Gasteiger partial charge in [0.2, 0.25) is 16.6 Å². The zero-order chi connectivity index (χ0) is 21.3. The van der Waals surface area contributed by atoms with E-state index in [1.807, 2.05) is 0 Å². The van der Waals surface area contributed by atoms with Crippen LogP contribution in [0.15, 0.2) is 18.2 Å². The number of nitrogens with zero attached hydrogens (tertiary/aromatic N) is 1. The van der Waals surface area contributed by atoms with Gasteiger partial charge in [0.1, 0.15) is 28.0 Å². The molecule has 0 amide bonds. The summed E-state index contributed by atoms with van der Waals surface area (Å²) in [7, 11) is -6.00. The Kier molecular flexibility index (Phi) is 7.83. The fourth-order valence-electron chi connectivity index (χ4n) is 3.45. The van der Waals surface area contributed by atoms with Crippen LogP contribution < -0.4 is 8.85 Å². The van der Waals surface area contributed by atoms with Crippen LogP contribution in [0.3, 0.4) is 0 Å². The molecule has 0 spiro atoms. The van der Waals surface area contributed by atoms with E-state index < -0.39 is 33.1 Å². The van der Waals surface area contributed by atoms with Crippen LogP contribution >= 0.6 is 0 Å². The highest BCUT2D eigenvalue weighted by Gasteiger charge is 2.33. The summed E-state index contributed by atoms with van der Waals surface area (Å²) in [6.45, 7) is 29.3. The van der Waals surface area contributed by atoms with Crippen molar-refractivity contribution in [2.45, 2.75) is 85.0 Å². The van der Waals surface area contributed by atoms with Crippen molar-refractivity contribution in [2.75, 3.05) is 6.54 Å². The smallest absolute Gasteiger partial charge is 0.242 e. The van der Waals surface area contributed by atoms with Gasteiger partial charge in [0.15, 0.2) is 0 Å². The summed E-state index contributed by atoms with van der Waals surface area (Å²) in [5, 5.41) is 0. The molecule has 0 fully saturated rings. The van der Waals surface area contributed by atoms with E-state index in [1.165, 1.54) is 5.56 Å². The molecule has 1 rings (SSSR count). The third-order valence-corrected chi connectivity index (χ3v) is 13.5. The first-order valence-corrected chi connectivity index (χ1v) is 23.9. The Labute approximate surface area is 172 Å². The van der Waals surface area contributed by atoms with Crippen LogP contribution in [0, 0.1) is 0 Å². The van der Waals surface area contributed by atoms with E-state index in [9.17, 15) is 0 Å². The number of benzene rings is 1. The molecule has 0 saturated carbocycles. The van der Waals surface area contributed by atoms with E-state index in [4.69, 9.17) is 8.85 Å². The predicted octanol–water partition coefficient (Wildman–Crippen LogP) is 6.63. The Hall–Kier alpha value is -0.352. The van der Waals surface area contributed by atoms with E-state index in [1.54, 1.807) is 0 Å². The van der Waals surface area contributed by atoms with Crippen molar-refractivity contribution in [1.29, 1.82) is 0 Å². The number of hydrogen-bond acceptors (Lipinski definition) is 3. The van der Waals surface area contributed by atoms with Gasteiger partial charge in [-0.1, -0.05) is 45.3 Å². The molecule has 0 N–H and O–H groups in total. The molecule has 27 heavy (non-hydrogen) atoms. The number of hydrogen-bond donors (Lipinski definition) is 0. The fraction of sp³-hybridized carbons (Fsp3) is 0.700. The van der Waals surface area contributed by atoms with E-state index in [-0.39, 0.29) is 0 Å². The molecule has 0 aliphatic rings. The summed E-state index contributed by atoms with van der Waals surface area (Å²) in [4.78, 5) is 0. The second-order valence-corrected chi connectivity index (χ2v) is 30.5. The van der Waals surface area contributed by atoms with E-state index >= 15 is 0 Å². The second kappa shape index (κ2) is 8.57. The maximum Gasteiger partial charge on any atom is 0.242 e. The first-order chi connectivity index (χ1) is 11.9. The molecule has 0 unspecified atom stereocenters. The molecule has 0 atom stereocenters. The summed E-state index contributed by atoms with van der Waals surface area (Å²) in [6, 6.07) is 6.61. The third-order valence-electron chi connectivity index (χ3n) is 4.08. The van der Waals surface area contributed by atoms with Gasteiger partial charge >= 0.3 is 0 Å². The van der Waals surface area contributed by atoms with Crippen molar-refractivity contribution >= 4 is 33.1 Å². The molecule has 3 nitrogen and oxygen atoms in total. The largest absolute Gasteiger partial charge is 0.542 e. The Morgan fingerprint density at radius 2 is 1.11 bits per heavy atom. The molecule has 0 radical (unpaired) electrons. The molecule has 0 aromatic heterocycles. The summed E-state index contributed by atoms with van der Waals surface area (Å²) in [5.41, 5.74) is 1.35. The van der Waals surface area contributed by atoms with Gasteiger partial charge in [-0.2, -0.15) is 0 Å². The molecule has 7 heteroatoms. The first-order valence-electron chi connectivity index (χ1n) is 10.2. The zero-order valence-corrected chi connectivity index (χ0v) is 23.9. The van der Waals surface area contributed by atoms with Crippen LogP contribution in [-0.2, 0) is 6.42 Å². The average molecular weight is 442 g/mol. The van der Waals surface area contributed by atoms with Gasteiger partial charge in [0, 0.05) is 0 Å². The van der Waals surface area contributed by atoms with Crippen LogP contribution in [0.25, 0.3) is 0 Å². The quantitative estimate of drug-likeness (QED) is 0.401. The minimum atomic E-state index is -1.69. The highest BCUT2D eigenvalue weighted by molar-refractivity contribution is 6.89. The number of rotatable bonds is 9. The van der Waals surface area contributed by atoms with Crippen LogP contribution in [0.5, 0.6) is 11.5 Å². The third kappa shape index (κ3) is 9.12. The minimum absolute atomic E-state index is 0.924. The van der Waals surface area contributed by atoms with Gasteiger partial charge in [-0.3, -0.25) is 0 Å². The van der Waals surface area contributed by atoms with Gasteiger partial charge in [-0.05, 0) is 69.9 Å². The van der Waals surface area contributed by atoms with Crippen molar-refractivity contribution in [3.05, 3.63) is 23.8 Å². The average Bonchev–Trinajstić information content (AvgIpc) is 2.35. The molecule has 156 valence electrons. The molecule has 0 heterocycles. The van der Waals surface area contributed by atoms with Crippen LogP contribution in [-0.4, -0.2) is 43.9 Å². The van der Waals surface area contributed by atoms with Crippen molar-refractivity contribution in [1.82, 2.24) is 4.23 Å². The van der Waals surface area contributed by atoms with Gasteiger partial charge in [-0.15, -0.1) is 0 Å². The molecule has 0 aliphatic heterocycles. The Balaban J connectivity index is 3.10. The molecule has 1 aromatic rings. The topological polar surface area (TPSA) is 21.7 Å². The van der Waals surface area contributed by atoms with E-state index in [0.717, 1.165) is 24.5 Å². The van der Waals surface area contributed by atoms with Gasteiger partial charge < -0.3 is 13.1 Å². The van der Waals surface area contributed by atoms with Crippen molar-refractivity contribution in [3.8, 4) is 11.5 Å². The minimum Gasteiger partial charge on any atom is -0.542 e. The molecule has 0 aliphatic carbocycles. The van der Waals surface area contributed by atoms with Crippen molar-refractivity contribution in [2.24, 2.45) is 0 Å². The standard InChI is InChI=1S/C20H43NO2Si4/c1-24(2,3)21(25(4,5)6)16-15-18-13-14-19(22-26(7,8)9)20(17-18)23-27(10,11)12/h13-14,17H,15-16H2,1-12H3. The normalized spacial score (nSPS) is 13.8. The molecular formula is C20H43NO2Si4. The second-order valence-electron chi connectivity index (χ2n) is 11.5. The predicted molar refractivity (Wildman–Crippen MR) is 131 cm³/mol. The zero-order valence-electron chi connectivity index (χ0n) is 19.9. The summed E-state index contributed by atoms with van der Waals surface area (Å²) < 4.78 is 15.6. The lowest BCUT2D eigenvalue weighted by atomic mass is 10.1. The first kappa shape index (κ1) is 24.7. The van der Waals surface area contributed by atoms with E-state index in [2.05, 4.69) is 101 Å². The monoisotopic (exact) mass is 441 g/mol. The SMILES string of the molecule is C[Si](C)(C)Oc1ccc(CCN([Si](C)(C)C)[Si](C)(C)C)cc1O[Si](C)(C)C. The summed E-state index contributed by atoms with van der Waals surface area (Å²) >= 11 is 0. The highest BCUT2D eigenvalue weighted by atomic mass is 28.4. The Morgan fingerprint density at radius 3 is 1.52 bits per heavy atom. The lowest BCUT2D eigenvalue weighted by molar-refractivity contribution is 0.487. The molecular weight excluding hydrogens is 399 g/mol. The molecule has 1 aromatic carbocycles. The molecule has 0 saturated heterocycles. The Morgan fingerprint density at radius 1 is 0.667 bits per heavy atom. The maximum absolute atomic E-state index is 6.40. The van der Waals surface area contributed by atoms with Crippen molar-refractivity contribution in [3.63, 3.8) is 0 Å². The summed E-state index contributed by atoms with van der Waals surface area (Å²) in [6.07, 6.45) is 1.07. The summed E-state index contributed by atoms with van der Waals surface area (Å²) in [5.74, 6) is 1.87. The molecule has 0 bridgehead atoms. The van der Waals surface area contributed by atoms with Crippen LogP contribution in [0.2, 0.25) is 78.6 Å². The highest BCUT2D eigenvalue weighted by Crippen LogP contribution is 2.33. The maximum atomic E-state index is 6.40. The Bertz CT molecular complexity index is 609. The van der Waals surface area contributed by atoms with Crippen molar-refractivity contribution < 1.29 is 8.85 Å². The van der Waals surface area contributed by atoms with Gasteiger partial charge in [-0.25, -0.2) is 0 Å². The van der Waals surface area contributed by atoms with E-state index in [0.29, 0.717) is 0 Å². The van der Waals surface area contributed by atoms with Crippen LogP contribution in [0.4, 0.5) is 0 Å². The lowest BCUT2D eigenvalue weighted by Gasteiger charge is -2.43. The lowest BCUT2D eigenvalue weighted by Crippen LogP contribution is -2.59. The van der Waals surface area contributed by atoms with Crippen LogP contribution in [0.1, 0.15) is 5.56 Å².